The molecule has 98 valence electrons. The maximum absolute atomic E-state index is 12.1. The minimum Gasteiger partial charge on any atom is -0.468 e. The summed E-state index contributed by atoms with van der Waals surface area (Å²) in [4.78, 5) is 24.9. The molecule has 0 aromatic carbocycles. The van der Waals surface area contributed by atoms with Gasteiger partial charge in [0.1, 0.15) is 12.6 Å². The van der Waals surface area contributed by atoms with E-state index in [1.54, 1.807) is 0 Å². The van der Waals surface area contributed by atoms with Crippen LogP contribution in [0.3, 0.4) is 0 Å². The number of nitrogens with zero attached hydrogens (tertiary/aromatic N) is 1. The van der Waals surface area contributed by atoms with E-state index in [1.807, 2.05) is 13.8 Å². The molecule has 5 nitrogen and oxygen atoms in total. The van der Waals surface area contributed by atoms with Crippen LogP contribution in [0.15, 0.2) is 0 Å². The number of hydrogen-bond acceptors (Lipinski definition) is 4. The molecule has 1 saturated heterocycles. The van der Waals surface area contributed by atoms with Crippen molar-refractivity contribution in [3.63, 3.8) is 0 Å². The number of methoxy groups -OCH3 is 1. The van der Waals surface area contributed by atoms with Gasteiger partial charge in [0, 0.05) is 6.54 Å². The number of rotatable bonds is 5. The van der Waals surface area contributed by atoms with Crippen LogP contribution in [0.5, 0.6) is 0 Å². The van der Waals surface area contributed by atoms with Crippen molar-refractivity contribution in [2.45, 2.75) is 45.3 Å². The molecule has 0 spiro atoms. The summed E-state index contributed by atoms with van der Waals surface area (Å²) in [5, 5.41) is 0. The van der Waals surface area contributed by atoms with Crippen LogP contribution in [-0.2, 0) is 19.1 Å². The van der Waals surface area contributed by atoms with Crippen molar-refractivity contribution in [1.29, 1.82) is 0 Å². The van der Waals surface area contributed by atoms with Gasteiger partial charge in [0.25, 0.3) is 5.91 Å². The fourth-order valence-corrected chi connectivity index (χ4v) is 1.95. The van der Waals surface area contributed by atoms with Crippen molar-refractivity contribution in [2.75, 3.05) is 20.2 Å². The number of carbonyl (C=O) groups is 2. The summed E-state index contributed by atoms with van der Waals surface area (Å²) < 4.78 is 10.1. The SMILES string of the molecule is CCCN(CC(=O)OC)C(=O)C1CCC(C)O1. The molecular formula is C12H21NO4. The van der Waals surface area contributed by atoms with Crippen molar-refractivity contribution < 1.29 is 19.1 Å². The Hall–Kier alpha value is -1.10. The molecule has 2 atom stereocenters. The molecular weight excluding hydrogens is 222 g/mol. The zero-order valence-electron chi connectivity index (χ0n) is 10.8. The first-order valence-corrected chi connectivity index (χ1v) is 6.09. The summed E-state index contributed by atoms with van der Waals surface area (Å²) in [6, 6.07) is 0. The van der Waals surface area contributed by atoms with Gasteiger partial charge >= 0.3 is 5.97 Å². The van der Waals surface area contributed by atoms with Crippen LogP contribution >= 0.6 is 0 Å². The third-order valence-electron chi connectivity index (χ3n) is 2.86. The number of amides is 1. The third kappa shape index (κ3) is 4.00. The monoisotopic (exact) mass is 243 g/mol. The average molecular weight is 243 g/mol. The number of hydrogen-bond donors (Lipinski definition) is 0. The zero-order valence-corrected chi connectivity index (χ0v) is 10.8. The second-order valence-electron chi connectivity index (χ2n) is 4.35. The smallest absolute Gasteiger partial charge is 0.325 e. The molecule has 0 radical (unpaired) electrons. The van der Waals surface area contributed by atoms with Gasteiger partial charge in [-0.2, -0.15) is 0 Å². The molecule has 0 bridgehead atoms. The van der Waals surface area contributed by atoms with E-state index in [9.17, 15) is 9.59 Å². The first-order valence-electron chi connectivity index (χ1n) is 6.09. The minimum atomic E-state index is -0.391. The van der Waals surface area contributed by atoms with Gasteiger partial charge in [-0.05, 0) is 26.2 Å². The normalized spacial score (nSPS) is 23.5. The molecule has 0 saturated carbocycles. The molecule has 0 aromatic rings. The summed E-state index contributed by atoms with van der Waals surface area (Å²) in [7, 11) is 1.32. The standard InChI is InChI=1S/C12H21NO4/c1-4-7-13(8-11(14)16-3)12(15)10-6-5-9(2)17-10/h9-10H,4-8H2,1-3H3. The Kier molecular flexibility index (Phi) is 5.41. The lowest BCUT2D eigenvalue weighted by atomic mass is 10.2. The fraction of sp³-hybridized carbons (Fsp3) is 0.833. The van der Waals surface area contributed by atoms with Crippen LogP contribution in [0, 0.1) is 0 Å². The Bertz CT molecular complexity index is 280. The molecule has 0 N–H and O–H groups in total. The van der Waals surface area contributed by atoms with Gasteiger partial charge in [-0.3, -0.25) is 9.59 Å². The maximum Gasteiger partial charge on any atom is 0.325 e. The van der Waals surface area contributed by atoms with Gasteiger partial charge in [-0.15, -0.1) is 0 Å². The van der Waals surface area contributed by atoms with E-state index in [2.05, 4.69) is 4.74 Å². The maximum atomic E-state index is 12.1. The number of esters is 1. The van der Waals surface area contributed by atoms with Crippen LogP contribution in [0.4, 0.5) is 0 Å². The Labute approximate surface area is 102 Å². The summed E-state index contributed by atoms with van der Waals surface area (Å²) >= 11 is 0. The van der Waals surface area contributed by atoms with Gasteiger partial charge in [0.05, 0.1) is 13.2 Å². The Morgan fingerprint density at radius 1 is 1.41 bits per heavy atom. The van der Waals surface area contributed by atoms with Crippen LogP contribution < -0.4 is 0 Å². The first kappa shape index (κ1) is 14.0. The topological polar surface area (TPSA) is 55.8 Å². The van der Waals surface area contributed by atoms with Crippen molar-refractivity contribution in [2.24, 2.45) is 0 Å². The molecule has 0 aliphatic carbocycles. The van der Waals surface area contributed by atoms with Crippen molar-refractivity contribution in [3.8, 4) is 0 Å². The quantitative estimate of drug-likeness (QED) is 0.675. The summed E-state index contributed by atoms with van der Waals surface area (Å²) in [6.45, 7) is 4.49. The second-order valence-corrected chi connectivity index (χ2v) is 4.35. The van der Waals surface area contributed by atoms with E-state index in [1.165, 1.54) is 12.0 Å². The van der Waals surface area contributed by atoms with E-state index in [0.717, 1.165) is 19.3 Å². The van der Waals surface area contributed by atoms with E-state index >= 15 is 0 Å². The predicted octanol–water partition coefficient (Wildman–Crippen LogP) is 0.965. The molecule has 1 fully saturated rings. The van der Waals surface area contributed by atoms with Crippen LogP contribution in [-0.4, -0.2) is 49.2 Å². The van der Waals surface area contributed by atoms with Crippen molar-refractivity contribution in [3.05, 3.63) is 0 Å². The highest BCUT2D eigenvalue weighted by molar-refractivity contribution is 5.85. The lowest BCUT2D eigenvalue weighted by Gasteiger charge is -2.23. The van der Waals surface area contributed by atoms with Gasteiger partial charge in [-0.1, -0.05) is 6.92 Å². The van der Waals surface area contributed by atoms with E-state index in [4.69, 9.17) is 4.74 Å². The molecule has 0 aromatic heterocycles. The Balaban J connectivity index is 2.56. The number of carbonyl (C=O) groups excluding carboxylic acids is 2. The third-order valence-corrected chi connectivity index (χ3v) is 2.86. The van der Waals surface area contributed by atoms with Gasteiger partial charge < -0.3 is 14.4 Å². The summed E-state index contributed by atoms with van der Waals surface area (Å²) in [5.41, 5.74) is 0. The van der Waals surface area contributed by atoms with E-state index in [0.29, 0.717) is 6.54 Å². The average Bonchev–Trinajstić information content (AvgIpc) is 2.74. The highest BCUT2D eigenvalue weighted by Gasteiger charge is 2.32. The molecule has 2 unspecified atom stereocenters. The second kappa shape index (κ2) is 6.59. The van der Waals surface area contributed by atoms with Crippen LogP contribution in [0.2, 0.25) is 0 Å². The van der Waals surface area contributed by atoms with Gasteiger partial charge in [0.2, 0.25) is 0 Å². The van der Waals surface area contributed by atoms with Crippen molar-refractivity contribution in [1.82, 2.24) is 4.90 Å². The van der Waals surface area contributed by atoms with E-state index in [-0.39, 0.29) is 24.7 Å². The number of ether oxygens (including phenoxy) is 2. The molecule has 1 amide bonds. The fourth-order valence-electron chi connectivity index (χ4n) is 1.95. The van der Waals surface area contributed by atoms with Crippen molar-refractivity contribution >= 4 is 11.9 Å². The molecule has 5 heteroatoms. The largest absolute Gasteiger partial charge is 0.468 e. The van der Waals surface area contributed by atoms with Crippen LogP contribution in [0.1, 0.15) is 33.1 Å². The predicted molar refractivity (Wildman–Crippen MR) is 62.5 cm³/mol. The first-order chi connectivity index (χ1) is 8.08. The lowest BCUT2D eigenvalue weighted by molar-refractivity contribution is -0.151. The molecule has 1 aliphatic heterocycles. The van der Waals surface area contributed by atoms with Gasteiger partial charge in [-0.25, -0.2) is 0 Å². The Morgan fingerprint density at radius 3 is 2.59 bits per heavy atom. The van der Waals surface area contributed by atoms with Gasteiger partial charge in [0.15, 0.2) is 0 Å². The summed E-state index contributed by atoms with van der Waals surface area (Å²) in [6.07, 6.45) is 2.19. The van der Waals surface area contributed by atoms with E-state index < -0.39 is 5.97 Å². The zero-order chi connectivity index (χ0) is 12.8. The lowest BCUT2D eigenvalue weighted by Crippen LogP contribution is -2.42. The minimum absolute atomic E-state index is 0.0113. The molecule has 1 rings (SSSR count). The molecule has 17 heavy (non-hydrogen) atoms. The molecule has 1 aliphatic rings. The highest BCUT2D eigenvalue weighted by atomic mass is 16.5. The molecule has 1 heterocycles. The highest BCUT2D eigenvalue weighted by Crippen LogP contribution is 2.20. The van der Waals surface area contributed by atoms with Crippen LogP contribution in [0.25, 0.3) is 0 Å². The Morgan fingerprint density at radius 2 is 2.12 bits per heavy atom. The summed E-state index contributed by atoms with van der Waals surface area (Å²) in [5.74, 6) is -0.487.